The summed E-state index contributed by atoms with van der Waals surface area (Å²) in [5.74, 6) is -10.5. The predicted octanol–water partition coefficient (Wildman–Crippen LogP) is 3.36. The van der Waals surface area contributed by atoms with Crippen molar-refractivity contribution in [1.82, 2.24) is 55.6 Å². The van der Waals surface area contributed by atoms with E-state index in [4.69, 9.17) is 9.90 Å². The molecule has 0 bridgehead atoms. The van der Waals surface area contributed by atoms with E-state index in [-0.39, 0.29) is 55.8 Å². The number of rotatable bonds is 15. The van der Waals surface area contributed by atoms with Gasteiger partial charge in [-0.25, -0.2) is 0 Å². The number of aliphatic hydroxyl groups is 1. The second-order valence-corrected chi connectivity index (χ2v) is 26.6. The Bertz CT molecular complexity index is 2430. The Morgan fingerprint density at radius 1 is 0.494 bits per heavy atom. The third kappa shape index (κ3) is 24.9. The summed E-state index contributed by atoms with van der Waals surface area (Å²) in [6.45, 7) is 30.4. The van der Waals surface area contributed by atoms with Crippen LogP contribution in [-0.2, 0) is 57.5 Å². The fraction of sp³-hybridized carbons (Fsp3) is 0.781. The molecule has 1 rings (SSSR count). The number of carbonyl (C=O) groups is 12. The number of carboxylic acids is 1. The van der Waals surface area contributed by atoms with Crippen molar-refractivity contribution in [2.75, 3.05) is 55.9 Å². The molecule has 0 unspecified atom stereocenters. The van der Waals surface area contributed by atoms with Gasteiger partial charge in [0.2, 0.25) is 65.0 Å². The SMILES string of the molecule is CC(=O)O.CC=CC[C@@H](C)[C@@H](O)[C@H]1C(=O)N[C@@H](CC)C(=O)N(C)CC(=O)N(C)[C@@H](CC(C)C)C(=O)N[C@@H](C(C)C)C(=O)N(C)[C@@H](CC(C)C)C(=O)N[C@@H](C)C(=O)N[C@H](C)C(=O)N(C)[C@@H](CC(C)C)C(=O)N(C)[C@@H](CC(C)C)C(=O)N(C)[C@@H](C(C)C)C(=O)N1C. The van der Waals surface area contributed by atoms with Crippen LogP contribution in [0.1, 0.15) is 163 Å². The molecule has 11 amide bonds. The number of aliphatic hydroxyl groups excluding tert-OH is 1. The summed E-state index contributed by atoms with van der Waals surface area (Å²) >= 11 is 0. The van der Waals surface area contributed by atoms with Crippen molar-refractivity contribution in [1.29, 1.82) is 0 Å². The van der Waals surface area contributed by atoms with Crippen LogP contribution in [0.5, 0.6) is 0 Å². The Morgan fingerprint density at radius 3 is 1.31 bits per heavy atom. The molecule has 12 atom stereocenters. The van der Waals surface area contributed by atoms with Gasteiger partial charge in [-0.05, 0) is 101 Å². The number of carboxylic acid groups (broad SMARTS) is 1. The molecule has 0 spiro atoms. The lowest BCUT2D eigenvalue weighted by Gasteiger charge is -2.41. The Balaban J connectivity index is 0.0000187. The summed E-state index contributed by atoms with van der Waals surface area (Å²) in [6.07, 6.45) is 3.04. The van der Waals surface area contributed by atoms with Gasteiger partial charge in [-0.1, -0.05) is 109 Å². The van der Waals surface area contributed by atoms with Gasteiger partial charge in [0.25, 0.3) is 5.97 Å². The monoisotopic (exact) mass is 1260 g/mol. The van der Waals surface area contributed by atoms with Gasteiger partial charge in [-0.2, -0.15) is 0 Å². The van der Waals surface area contributed by atoms with Gasteiger partial charge >= 0.3 is 0 Å². The molecular formula is C64H115N11O14. The first kappa shape index (κ1) is 82.3. The molecule has 0 aromatic carbocycles. The van der Waals surface area contributed by atoms with Crippen LogP contribution in [-0.4, -0.2) is 238 Å². The third-order valence-corrected chi connectivity index (χ3v) is 16.1. The number of nitrogens with zero attached hydrogens (tertiary/aromatic N) is 7. The van der Waals surface area contributed by atoms with E-state index in [0.29, 0.717) is 6.42 Å². The molecule has 0 aliphatic carbocycles. The van der Waals surface area contributed by atoms with E-state index in [0.717, 1.165) is 16.7 Å². The van der Waals surface area contributed by atoms with Gasteiger partial charge in [0.1, 0.15) is 60.4 Å². The Labute approximate surface area is 531 Å². The lowest BCUT2D eigenvalue weighted by Crippen LogP contribution is -2.63. The highest BCUT2D eigenvalue weighted by molar-refractivity contribution is 5.99. The molecule has 25 nitrogen and oxygen atoms in total. The fourth-order valence-corrected chi connectivity index (χ4v) is 10.7. The van der Waals surface area contributed by atoms with Crippen LogP contribution < -0.4 is 21.3 Å². The minimum absolute atomic E-state index is 0.0229. The van der Waals surface area contributed by atoms with Crippen LogP contribution in [0, 0.1) is 41.4 Å². The summed E-state index contributed by atoms with van der Waals surface area (Å²) < 4.78 is 0. The number of allylic oxidation sites excluding steroid dienone is 2. The highest BCUT2D eigenvalue weighted by Gasteiger charge is 2.45. The first-order chi connectivity index (χ1) is 40.9. The number of hydrogen-bond donors (Lipinski definition) is 6. The molecular weight excluding hydrogens is 1150 g/mol. The minimum Gasteiger partial charge on any atom is -0.481 e. The molecule has 1 fully saturated rings. The van der Waals surface area contributed by atoms with Crippen LogP contribution in [0.3, 0.4) is 0 Å². The Hall–Kier alpha value is -6.66. The third-order valence-electron chi connectivity index (χ3n) is 16.1. The lowest BCUT2D eigenvalue weighted by molar-refractivity contribution is -0.157. The van der Waals surface area contributed by atoms with Crippen molar-refractivity contribution in [3.63, 3.8) is 0 Å². The maximum absolute atomic E-state index is 15.1. The largest absolute Gasteiger partial charge is 0.481 e. The zero-order chi connectivity index (χ0) is 69.6. The Kier molecular flexibility index (Phi) is 35.3. The van der Waals surface area contributed by atoms with Crippen molar-refractivity contribution >= 4 is 70.9 Å². The first-order valence-electron chi connectivity index (χ1n) is 31.5. The van der Waals surface area contributed by atoms with Gasteiger partial charge in [-0.3, -0.25) is 57.5 Å². The molecule has 0 saturated carbocycles. The molecule has 0 aromatic heterocycles. The van der Waals surface area contributed by atoms with E-state index in [2.05, 4.69) is 21.3 Å². The highest BCUT2D eigenvalue weighted by Crippen LogP contribution is 2.26. The molecule has 1 aliphatic heterocycles. The Morgan fingerprint density at radius 2 is 0.888 bits per heavy atom. The lowest BCUT2D eigenvalue weighted by atomic mass is 9.91. The molecule has 1 saturated heterocycles. The second kappa shape index (κ2) is 38.1. The summed E-state index contributed by atoms with van der Waals surface area (Å²) in [5, 5.41) is 30.5. The number of likely N-dealkylation sites (N-methyl/N-ethyl adjacent to an activating group) is 7. The van der Waals surface area contributed by atoms with Crippen LogP contribution in [0.4, 0.5) is 0 Å². The fourth-order valence-electron chi connectivity index (χ4n) is 10.7. The maximum Gasteiger partial charge on any atom is 0.300 e. The van der Waals surface area contributed by atoms with Crippen LogP contribution in [0.2, 0.25) is 0 Å². The van der Waals surface area contributed by atoms with E-state index < -0.39 is 162 Å². The molecule has 1 heterocycles. The zero-order valence-electron chi connectivity index (χ0n) is 58.4. The van der Waals surface area contributed by atoms with Gasteiger partial charge in [0, 0.05) is 56.3 Å². The smallest absolute Gasteiger partial charge is 0.300 e. The molecule has 89 heavy (non-hydrogen) atoms. The quantitative estimate of drug-likeness (QED) is 0.128. The van der Waals surface area contributed by atoms with E-state index >= 15 is 9.59 Å². The van der Waals surface area contributed by atoms with Gasteiger partial charge in [0.15, 0.2) is 0 Å². The molecule has 6 N–H and O–H groups in total. The predicted molar refractivity (Wildman–Crippen MR) is 342 cm³/mol. The van der Waals surface area contributed by atoms with Crippen molar-refractivity contribution < 1.29 is 67.7 Å². The summed E-state index contributed by atoms with van der Waals surface area (Å²) in [5.41, 5.74) is 0. The average Bonchev–Trinajstić information content (AvgIpc) is 0.989. The van der Waals surface area contributed by atoms with Gasteiger partial charge < -0.3 is 65.8 Å². The van der Waals surface area contributed by atoms with Crippen molar-refractivity contribution in [2.24, 2.45) is 41.4 Å². The molecule has 1 aliphatic rings. The molecule has 510 valence electrons. The second-order valence-electron chi connectivity index (χ2n) is 26.6. The number of hydrogen-bond acceptors (Lipinski definition) is 13. The van der Waals surface area contributed by atoms with Crippen LogP contribution in [0.25, 0.3) is 0 Å². The molecule has 0 radical (unpaired) electrons. The van der Waals surface area contributed by atoms with E-state index in [1.54, 1.807) is 54.5 Å². The summed E-state index contributed by atoms with van der Waals surface area (Å²) in [7, 11) is 9.92. The van der Waals surface area contributed by atoms with Crippen LogP contribution >= 0.6 is 0 Å². The van der Waals surface area contributed by atoms with Crippen LogP contribution in [0.15, 0.2) is 12.2 Å². The van der Waals surface area contributed by atoms with Crippen molar-refractivity contribution in [3.8, 4) is 0 Å². The van der Waals surface area contributed by atoms with Gasteiger partial charge in [0.05, 0.1) is 12.6 Å². The van der Waals surface area contributed by atoms with Crippen molar-refractivity contribution in [2.45, 2.75) is 230 Å². The number of nitrogens with one attached hydrogen (secondary N) is 4. The zero-order valence-corrected chi connectivity index (χ0v) is 58.4. The van der Waals surface area contributed by atoms with Crippen molar-refractivity contribution in [3.05, 3.63) is 12.2 Å². The molecule has 0 aromatic rings. The highest BCUT2D eigenvalue weighted by atomic mass is 16.4. The number of amides is 11. The van der Waals surface area contributed by atoms with E-state index in [1.165, 1.54) is 87.7 Å². The minimum atomic E-state index is -1.61. The number of carbonyl (C=O) groups excluding carboxylic acids is 11. The normalized spacial score (nSPS) is 26.0. The number of aliphatic carboxylic acids is 1. The van der Waals surface area contributed by atoms with E-state index in [9.17, 15) is 48.3 Å². The van der Waals surface area contributed by atoms with E-state index in [1.807, 2.05) is 61.5 Å². The topological polar surface area (TPSA) is 316 Å². The first-order valence-corrected chi connectivity index (χ1v) is 31.5. The van der Waals surface area contributed by atoms with Gasteiger partial charge in [-0.15, -0.1) is 0 Å². The maximum atomic E-state index is 15.1. The average molecular weight is 1260 g/mol. The summed E-state index contributed by atoms with van der Waals surface area (Å²) in [4.78, 5) is 178. The molecule has 25 heteroatoms. The summed E-state index contributed by atoms with van der Waals surface area (Å²) in [6, 6.07) is -12.3. The standard InChI is InChI=1S/C62H111N11O12.C2H4O2/c1-25-27-28-40(15)52(75)51-56(79)65-43(26-2)58(81)67(18)33-48(74)68(19)44(29-34(3)4)55(78)66-49(38(11)12)61(84)69(20)45(30-35(5)6)54(77)63-41(16)53(76)64-42(17)57(80)70(21)46(31-36(7)8)59(82)71(22)47(32-37(9)10)60(83)72(23)50(39(13)14)62(85)73(51)24;1-2(3)4/h25,27,34-47,49-52,75H,26,28-33H2,1-24H3,(H,63,77)(H,64,76)(H,65,79)(H,66,78);1H3,(H,3,4)/t40-,41+,42-,43+,44+,45+,46+,47+,49+,50+,51+,52-;/m1./s1.